The molecule has 110 valence electrons. The van der Waals surface area contributed by atoms with E-state index >= 15 is 0 Å². The van der Waals surface area contributed by atoms with Gasteiger partial charge in [-0.2, -0.15) is 0 Å². The van der Waals surface area contributed by atoms with Gasteiger partial charge in [-0.15, -0.1) is 0 Å². The Labute approximate surface area is 123 Å². The first kappa shape index (κ1) is 14.9. The van der Waals surface area contributed by atoms with Gasteiger partial charge in [0.05, 0.1) is 12.4 Å². The Morgan fingerprint density at radius 1 is 1.29 bits per heavy atom. The highest BCUT2D eigenvalue weighted by Gasteiger charge is 2.10. The summed E-state index contributed by atoms with van der Waals surface area (Å²) in [6.07, 6.45) is 3.73. The number of nitrogens with two attached hydrogens (primary N) is 1. The fourth-order valence-corrected chi connectivity index (χ4v) is 1.99. The summed E-state index contributed by atoms with van der Waals surface area (Å²) in [5, 5.41) is 2.84. The summed E-state index contributed by atoms with van der Waals surface area (Å²) in [6, 6.07) is 10.2. The molecule has 0 bridgehead atoms. The summed E-state index contributed by atoms with van der Waals surface area (Å²) >= 11 is 0. The number of aromatic nitrogens is 2. The SMILES string of the molecule is CC(CCNC(=O)c1cncc(NN)n1)c1ccccc1. The first-order valence-corrected chi connectivity index (χ1v) is 6.82. The smallest absolute Gasteiger partial charge is 0.271 e. The summed E-state index contributed by atoms with van der Waals surface area (Å²) in [5.41, 5.74) is 3.88. The first-order valence-electron chi connectivity index (χ1n) is 6.82. The number of carbonyl (C=O) groups excluding carboxylic acids is 1. The van der Waals surface area contributed by atoms with E-state index in [1.807, 2.05) is 18.2 Å². The lowest BCUT2D eigenvalue weighted by Crippen LogP contribution is -2.26. The van der Waals surface area contributed by atoms with Crippen LogP contribution in [-0.2, 0) is 0 Å². The van der Waals surface area contributed by atoms with Gasteiger partial charge in [0.15, 0.2) is 5.82 Å². The average molecular weight is 285 g/mol. The molecule has 1 atom stereocenters. The van der Waals surface area contributed by atoms with Gasteiger partial charge in [-0.05, 0) is 17.9 Å². The lowest BCUT2D eigenvalue weighted by Gasteiger charge is -2.12. The second-order valence-corrected chi connectivity index (χ2v) is 4.79. The molecule has 1 amide bonds. The molecule has 0 saturated heterocycles. The minimum absolute atomic E-state index is 0.248. The third-order valence-corrected chi connectivity index (χ3v) is 3.25. The summed E-state index contributed by atoms with van der Waals surface area (Å²) in [4.78, 5) is 19.9. The molecule has 2 aromatic rings. The van der Waals surface area contributed by atoms with Crippen molar-refractivity contribution in [2.24, 2.45) is 5.84 Å². The Kier molecular flexibility index (Phi) is 5.22. The van der Waals surface area contributed by atoms with E-state index in [0.717, 1.165) is 6.42 Å². The van der Waals surface area contributed by atoms with Crippen molar-refractivity contribution in [2.45, 2.75) is 19.3 Å². The van der Waals surface area contributed by atoms with Crippen LogP contribution < -0.4 is 16.6 Å². The standard InChI is InChI=1S/C15H19N5O/c1-11(12-5-3-2-4-6-12)7-8-18-15(21)13-9-17-10-14(19-13)20-16/h2-6,9-11H,7-8,16H2,1H3,(H,18,21)(H,19,20). The van der Waals surface area contributed by atoms with Crippen LogP contribution >= 0.6 is 0 Å². The van der Waals surface area contributed by atoms with Crippen LogP contribution in [0.25, 0.3) is 0 Å². The van der Waals surface area contributed by atoms with Gasteiger partial charge in [-0.1, -0.05) is 37.3 Å². The van der Waals surface area contributed by atoms with E-state index in [9.17, 15) is 4.79 Å². The predicted molar refractivity (Wildman–Crippen MR) is 81.6 cm³/mol. The maximum absolute atomic E-state index is 11.9. The Hall–Kier alpha value is -2.47. The Morgan fingerprint density at radius 3 is 2.76 bits per heavy atom. The molecule has 0 spiro atoms. The fraction of sp³-hybridized carbons (Fsp3) is 0.267. The third kappa shape index (κ3) is 4.25. The highest BCUT2D eigenvalue weighted by molar-refractivity contribution is 5.92. The molecule has 1 heterocycles. The normalized spacial score (nSPS) is 11.7. The van der Waals surface area contributed by atoms with Crippen molar-refractivity contribution in [3.05, 3.63) is 54.0 Å². The van der Waals surface area contributed by atoms with Gasteiger partial charge >= 0.3 is 0 Å². The van der Waals surface area contributed by atoms with Crippen LogP contribution in [0, 0.1) is 0 Å². The first-order chi connectivity index (χ1) is 10.2. The Morgan fingerprint density at radius 2 is 2.05 bits per heavy atom. The summed E-state index contributed by atoms with van der Waals surface area (Å²) in [6.45, 7) is 2.72. The lowest BCUT2D eigenvalue weighted by molar-refractivity contribution is 0.0947. The molecule has 6 nitrogen and oxygen atoms in total. The number of hydrogen-bond acceptors (Lipinski definition) is 5. The van der Waals surface area contributed by atoms with E-state index < -0.39 is 0 Å². The summed E-state index contributed by atoms with van der Waals surface area (Å²) in [7, 11) is 0. The molecule has 1 aromatic carbocycles. The van der Waals surface area contributed by atoms with Crippen molar-refractivity contribution >= 4 is 11.7 Å². The van der Waals surface area contributed by atoms with E-state index in [2.05, 4.69) is 39.8 Å². The van der Waals surface area contributed by atoms with Crippen LogP contribution in [0.15, 0.2) is 42.7 Å². The molecule has 0 saturated carbocycles. The molecular weight excluding hydrogens is 266 g/mol. The van der Waals surface area contributed by atoms with Crippen molar-refractivity contribution in [1.82, 2.24) is 15.3 Å². The number of nitrogens with zero attached hydrogens (tertiary/aromatic N) is 2. The van der Waals surface area contributed by atoms with E-state index in [-0.39, 0.29) is 11.6 Å². The van der Waals surface area contributed by atoms with Gasteiger partial charge < -0.3 is 10.7 Å². The molecule has 0 fully saturated rings. The van der Waals surface area contributed by atoms with Crippen LogP contribution in [-0.4, -0.2) is 22.4 Å². The molecular formula is C15H19N5O. The van der Waals surface area contributed by atoms with Gasteiger partial charge in [0.2, 0.25) is 0 Å². The van der Waals surface area contributed by atoms with Crippen LogP contribution in [0.1, 0.15) is 35.3 Å². The Balaban J connectivity index is 1.84. The molecule has 4 N–H and O–H groups in total. The fourth-order valence-electron chi connectivity index (χ4n) is 1.99. The number of hydrogen-bond donors (Lipinski definition) is 3. The second kappa shape index (κ2) is 7.35. The molecule has 1 unspecified atom stereocenters. The van der Waals surface area contributed by atoms with E-state index in [1.165, 1.54) is 18.0 Å². The van der Waals surface area contributed by atoms with Crippen LogP contribution in [0.4, 0.5) is 5.82 Å². The number of nitrogens with one attached hydrogen (secondary N) is 2. The third-order valence-electron chi connectivity index (χ3n) is 3.25. The number of rotatable bonds is 6. The number of hydrazine groups is 1. The molecule has 2 rings (SSSR count). The van der Waals surface area contributed by atoms with Crippen LogP contribution in [0.5, 0.6) is 0 Å². The minimum Gasteiger partial charge on any atom is -0.351 e. The molecule has 1 aromatic heterocycles. The van der Waals surface area contributed by atoms with Gasteiger partial charge in [0, 0.05) is 6.54 Å². The van der Waals surface area contributed by atoms with E-state index in [1.54, 1.807) is 0 Å². The van der Waals surface area contributed by atoms with Crippen molar-refractivity contribution in [1.29, 1.82) is 0 Å². The quantitative estimate of drug-likeness (QED) is 0.554. The Bertz CT molecular complexity index is 588. The topological polar surface area (TPSA) is 92.9 Å². The predicted octanol–water partition coefficient (Wildman–Crippen LogP) is 1.69. The molecule has 0 aliphatic heterocycles. The molecule has 0 aliphatic rings. The molecule has 0 aliphatic carbocycles. The van der Waals surface area contributed by atoms with Gasteiger partial charge in [-0.25, -0.2) is 10.8 Å². The van der Waals surface area contributed by atoms with Crippen molar-refractivity contribution in [3.63, 3.8) is 0 Å². The zero-order valence-corrected chi connectivity index (χ0v) is 11.9. The molecule has 21 heavy (non-hydrogen) atoms. The highest BCUT2D eigenvalue weighted by atomic mass is 16.1. The van der Waals surface area contributed by atoms with E-state index in [4.69, 9.17) is 5.84 Å². The van der Waals surface area contributed by atoms with Gasteiger partial charge in [0.1, 0.15) is 5.69 Å². The highest BCUT2D eigenvalue weighted by Crippen LogP contribution is 2.17. The number of benzene rings is 1. The number of amides is 1. The van der Waals surface area contributed by atoms with Crippen molar-refractivity contribution in [2.75, 3.05) is 12.0 Å². The number of carbonyl (C=O) groups is 1. The van der Waals surface area contributed by atoms with Gasteiger partial charge in [-0.3, -0.25) is 9.78 Å². The number of nitrogen functional groups attached to an aromatic ring is 1. The summed E-state index contributed by atoms with van der Waals surface area (Å²) in [5.74, 6) is 5.73. The largest absolute Gasteiger partial charge is 0.351 e. The zero-order valence-electron chi connectivity index (χ0n) is 11.9. The second-order valence-electron chi connectivity index (χ2n) is 4.79. The molecule has 6 heteroatoms. The van der Waals surface area contributed by atoms with Crippen LogP contribution in [0.3, 0.4) is 0 Å². The maximum atomic E-state index is 11.9. The molecule has 0 radical (unpaired) electrons. The monoisotopic (exact) mass is 285 g/mol. The van der Waals surface area contributed by atoms with Crippen molar-refractivity contribution < 1.29 is 4.79 Å². The number of anilines is 1. The average Bonchev–Trinajstić information content (AvgIpc) is 2.55. The van der Waals surface area contributed by atoms with Gasteiger partial charge in [0.25, 0.3) is 5.91 Å². The van der Waals surface area contributed by atoms with E-state index in [0.29, 0.717) is 18.3 Å². The minimum atomic E-state index is -0.250. The lowest BCUT2D eigenvalue weighted by atomic mass is 9.98. The summed E-state index contributed by atoms with van der Waals surface area (Å²) < 4.78 is 0. The van der Waals surface area contributed by atoms with Crippen molar-refractivity contribution in [3.8, 4) is 0 Å². The van der Waals surface area contributed by atoms with Crippen LogP contribution in [0.2, 0.25) is 0 Å². The zero-order chi connectivity index (χ0) is 15.1. The maximum Gasteiger partial charge on any atom is 0.271 e.